The number of carbonyl (C=O) groups is 1. The highest BCUT2D eigenvalue weighted by Gasteiger charge is 2.23. The van der Waals surface area contributed by atoms with E-state index < -0.39 is 0 Å². The molecule has 0 bridgehead atoms. The zero-order valence-electron chi connectivity index (χ0n) is 19.3. The van der Waals surface area contributed by atoms with Crippen molar-refractivity contribution in [2.24, 2.45) is 0 Å². The molecule has 4 aromatic rings. The van der Waals surface area contributed by atoms with Crippen LogP contribution in [0.25, 0.3) is 10.9 Å². The van der Waals surface area contributed by atoms with Gasteiger partial charge in [0, 0.05) is 54.7 Å². The van der Waals surface area contributed by atoms with Gasteiger partial charge in [-0.2, -0.15) is 0 Å². The lowest BCUT2D eigenvalue weighted by atomic mass is 10.1. The highest BCUT2D eigenvalue weighted by molar-refractivity contribution is 8.00. The van der Waals surface area contributed by atoms with Gasteiger partial charge in [-0.25, -0.2) is 0 Å². The van der Waals surface area contributed by atoms with Gasteiger partial charge in [0.25, 0.3) is 5.91 Å². The third kappa shape index (κ3) is 4.73. The average Bonchev–Trinajstić information content (AvgIpc) is 2.92. The van der Waals surface area contributed by atoms with E-state index in [1.54, 1.807) is 0 Å². The molecular weight excluding hydrogens is 440 g/mol. The summed E-state index contributed by atoms with van der Waals surface area (Å²) in [7, 11) is 0. The van der Waals surface area contributed by atoms with E-state index in [-0.39, 0.29) is 5.91 Å². The number of piperazine rings is 1. The van der Waals surface area contributed by atoms with Crippen molar-refractivity contribution in [3.05, 3.63) is 96.2 Å². The van der Waals surface area contributed by atoms with Crippen LogP contribution >= 0.6 is 11.9 Å². The van der Waals surface area contributed by atoms with Crippen molar-refractivity contribution in [3.8, 4) is 0 Å². The summed E-state index contributed by atoms with van der Waals surface area (Å²) in [5, 5.41) is 1.12. The molecule has 2 heterocycles. The number of hydrogen-bond acceptors (Lipinski definition) is 5. The lowest BCUT2D eigenvalue weighted by molar-refractivity contribution is 0.0747. The van der Waals surface area contributed by atoms with Crippen LogP contribution in [0, 0.1) is 0 Å². The van der Waals surface area contributed by atoms with Crippen molar-refractivity contribution in [1.29, 1.82) is 0 Å². The Balaban J connectivity index is 1.19. The van der Waals surface area contributed by atoms with Gasteiger partial charge in [0.05, 0.1) is 10.4 Å². The summed E-state index contributed by atoms with van der Waals surface area (Å²) in [5.41, 5.74) is 5.32. The van der Waals surface area contributed by atoms with Gasteiger partial charge in [-0.3, -0.25) is 9.78 Å². The van der Waals surface area contributed by atoms with E-state index in [1.165, 1.54) is 23.2 Å². The molecule has 1 aliphatic heterocycles. The molecule has 34 heavy (non-hydrogen) atoms. The van der Waals surface area contributed by atoms with E-state index in [2.05, 4.69) is 64.0 Å². The number of hydrogen-bond donors (Lipinski definition) is 1. The smallest absolute Gasteiger partial charge is 0.253 e. The van der Waals surface area contributed by atoms with Crippen LogP contribution in [-0.2, 0) is 6.42 Å². The molecule has 0 spiro atoms. The topological polar surface area (TPSA) is 48.5 Å². The maximum atomic E-state index is 13.1. The fourth-order valence-electron chi connectivity index (χ4n) is 4.40. The molecule has 3 aromatic carbocycles. The number of benzene rings is 3. The number of nitrogens with zero attached hydrogens (tertiary/aromatic N) is 3. The number of amides is 1. The zero-order chi connectivity index (χ0) is 23.3. The Labute approximate surface area is 204 Å². The number of fused-ring (bicyclic) bond motifs is 1. The van der Waals surface area contributed by atoms with Crippen LogP contribution < -0.4 is 9.62 Å². The highest BCUT2D eigenvalue weighted by Crippen LogP contribution is 2.28. The van der Waals surface area contributed by atoms with Crippen molar-refractivity contribution in [1.82, 2.24) is 9.88 Å². The number of pyridine rings is 1. The monoisotopic (exact) mass is 468 g/mol. The minimum absolute atomic E-state index is 0.0980. The standard InChI is InChI=1S/C28H28N4OS/c1-2-21-7-3-4-10-25(21)31-17-19-32(20-18-31)28(33)23-12-14-24(15-13-23)30-34-26-11-5-8-22-9-6-16-29-27(22)26/h3-16,30H,2,17-20H2,1H3. The van der Waals surface area contributed by atoms with Gasteiger partial charge in [0.2, 0.25) is 0 Å². The minimum Gasteiger partial charge on any atom is -0.368 e. The van der Waals surface area contributed by atoms with Crippen LogP contribution in [-0.4, -0.2) is 42.0 Å². The van der Waals surface area contributed by atoms with E-state index in [0.717, 1.165) is 59.6 Å². The number of nitrogens with one attached hydrogen (secondary N) is 1. The van der Waals surface area contributed by atoms with Crippen LogP contribution in [0.2, 0.25) is 0 Å². The van der Waals surface area contributed by atoms with Crippen LogP contribution in [0.3, 0.4) is 0 Å². The quantitative estimate of drug-likeness (QED) is 0.358. The number of rotatable bonds is 6. The molecule has 6 heteroatoms. The second kappa shape index (κ2) is 10.2. The number of aromatic nitrogens is 1. The summed E-state index contributed by atoms with van der Waals surface area (Å²) < 4.78 is 3.38. The fraction of sp³-hybridized carbons (Fsp3) is 0.214. The van der Waals surface area contributed by atoms with Crippen molar-refractivity contribution in [3.63, 3.8) is 0 Å². The van der Waals surface area contributed by atoms with Gasteiger partial charge in [-0.15, -0.1) is 0 Å². The molecule has 5 rings (SSSR count). The summed E-state index contributed by atoms with van der Waals surface area (Å²) in [4.78, 5) is 23.0. The van der Waals surface area contributed by atoms with Gasteiger partial charge in [0.15, 0.2) is 0 Å². The van der Waals surface area contributed by atoms with Crippen LogP contribution in [0.15, 0.2) is 90.0 Å². The van der Waals surface area contributed by atoms with Gasteiger partial charge >= 0.3 is 0 Å². The van der Waals surface area contributed by atoms with Crippen molar-refractivity contribution in [2.45, 2.75) is 18.2 Å². The summed E-state index contributed by atoms with van der Waals surface area (Å²) in [6.07, 6.45) is 2.83. The van der Waals surface area contributed by atoms with Gasteiger partial charge in [-0.05, 0) is 66.4 Å². The van der Waals surface area contributed by atoms with E-state index in [9.17, 15) is 4.79 Å². The van der Waals surface area contributed by atoms with Crippen LogP contribution in [0.1, 0.15) is 22.8 Å². The number of para-hydroxylation sites is 2. The van der Waals surface area contributed by atoms with Crippen LogP contribution in [0.5, 0.6) is 0 Å². The SMILES string of the molecule is CCc1ccccc1N1CCN(C(=O)c2ccc(NSc3cccc4cccnc34)cc2)CC1. The Kier molecular flexibility index (Phi) is 6.67. The molecule has 1 fully saturated rings. The average molecular weight is 469 g/mol. The summed E-state index contributed by atoms with van der Waals surface area (Å²) in [5.74, 6) is 0.0980. The minimum atomic E-state index is 0.0980. The largest absolute Gasteiger partial charge is 0.368 e. The van der Waals surface area contributed by atoms with Crippen molar-refractivity contribution >= 4 is 40.1 Å². The molecule has 0 atom stereocenters. The van der Waals surface area contributed by atoms with E-state index in [4.69, 9.17) is 0 Å². The predicted molar refractivity (Wildman–Crippen MR) is 142 cm³/mol. The molecule has 172 valence electrons. The molecule has 1 aliphatic rings. The lowest BCUT2D eigenvalue weighted by Crippen LogP contribution is -2.49. The second-order valence-corrected chi connectivity index (χ2v) is 9.22. The van der Waals surface area contributed by atoms with Crippen molar-refractivity contribution in [2.75, 3.05) is 35.8 Å². The first-order chi connectivity index (χ1) is 16.7. The first-order valence-corrected chi connectivity index (χ1v) is 12.5. The molecule has 5 nitrogen and oxygen atoms in total. The molecule has 1 saturated heterocycles. The first-order valence-electron chi connectivity index (χ1n) is 11.7. The molecule has 1 N–H and O–H groups in total. The first kappa shape index (κ1) is 22.3. The molecule has 0 unspecified atom stereocenters. The molecule has 0 aliphatic carbocycles. The summed E-state index contributed by atoms with van der Waals surface area (Å²) >= 11 is 1.53. The van der Waals surface area contributed by atoms with Crippen LogP contribution in [0.4, 0.5) is 11.4 Å². The Hall–Kier alpha value is -3.51. The molecule has 1 aromatic heterocycles. The second-order valence-electron chi connectivity index (χ2n) is 8.37. The Bertz CT molecular complexity index is 1280. The number of carbonyl (C=O) groups excluding carboxylic acids is 1. The predicted octanol–water partition coefficient (Wildman–Crippen LogP) is 5.88. The van der Waals surface area contributed by atoms with Gasteiger partial charge in [-0.1, -0.05) is 43.3 Å². The Morgan fingerprint density at radius 1 is 0.912 bits per heavy atom. The normalized spacial score (nSPS) is 13.8. The number of aryl methyl sites for hydroxylation is 1. The fourth-order valence-corrected chi connectivity index (χ4v) is 5.18. The third-order valence-corrected chi connectivity index (χ3v) is 7.17. The van der Waals surface area contributed by atoms with Gasteiger partial charge < -0.3 is 14.5 Å². The van der Waals surface area contributed by atoms with E-state index >= 15 is 0 Å². The molecule has 0 radical (unpaired) electrons. The van der Waals surface area contributed by atoms with E-state index in [0.29, 0.717) is 0 Å². The third-order valence-electron chi connectivity index (χ3n) is 6.29. The highest BCUT2D eigenvalue weighted by atomic mass is 32.2. The summed E-state index contributed by atoms with van der Waals surface area (Å²) in [6.45, 7) is 5.38. The van der Waals surface area contributed by atoms with E-state index in [1.807, 2.05) is 47.5 Å². The molecule has 0 saturated carbocycles. The summed E-state index contributed by atoms with van der Waals surface area (Å²) in [6, 6.07) is 26.5. The Morgan fingerprint density at radius 2 is 1.68 bits per heavy atom. The molecule has 1 amide bonds. The number of anilines is 2. The Morgan fingerprint density at radius 3 is 2.47 bits per heavy atom. The zero-order valence-corrected chi connectivity index (χ0v) is 20.1. The maximum absolute atomic E-state index is 13.1. The lowest BCUT2D eigenvalue weighted by Gasteiger charge is -2.37. The maximum Gasteiger partial charge on any atom is 0.253 e. The van der Waals surface area contributed by atoms with Crippen molar-refractivity contribution < 1.29 is 4.79 Å². The molecular formula is C28H28N4OS. The van der Waals surface area contributed by atoms with Gasteiger partial charge in [0.1, 0.15) is 0 Å².